The summed E-state index contributed by atoms with van der Waals surface area (Å²) in [7, 11) is 0. The van der Waals surface area contributed by atoms with E-state index in [1.165, 1.54) is 16.8 Å². The Kier molecular flexibility index (Phi) is 5.97. The molecule has 1 aliphatic heterocycles. The number of H-pyrrole nitrogens is 1. The van der Waals surface area contributed by atoms with Crippen molar-refractivity contribution in [3.05, 3.63) is 33.1 Å². The van der Waals surface area contributed by atoms with Crippen molar-refractivity contribution in [2.24, 2.45) is 0 Å². The molecule has 1 aromatic heterocycles. The molecular weight excluding hydrogens is 304 g/mol. The first-order valence-electron chi connectivity index (χ1n) is 7.83. The van der Waals surface area contributed by atoms with E-state index >= 15 is 0 Å². The van der Waals surface area contributed by atoms with Crippen LogP contribution in [0, 0.1) is 0 Å². The predicted molar refractivity (Wildman–Crippen MR) is 81.3 cm³/mol. The number of aromatic nitrogens is 2. The zero-order valence-electron chi connectivity index (χ0n) is 13.3. The van der Waals surface area contributed by atoms with Crippen molar-refractivity contribution in [1.82, 2.24) is 9.55 Å². The van der Waals surface area contributed by atoms with E-state index in [-0.39, 0.29) is 18.8 Å². The van der Waals surface area contributed by atoms with Gasteiger partial charge in [0.2, 0.25) is 0 Å². The van der Waals surface area contributed by atoms with Gasteiger partial charge in [-0.3, -0.25) is 14.3 Å². The predicted octanol–water partition coefficient (Wildman–Crippen LogP) is 1.56. The number of hydrogen-bond donors (Lipinski definition) is 1. The lowest BCUT2D eigenvalue weighted by Gasteiger charge is -2.17. The topological polar surface area (TPSA) is 99.6 Å². The minimum Gasteiger partial charge on any atom is -0.432 e. The number of carbonyl (C=O) groups excluding carboxylic acids is 1. The van der Waals surface area contributed by atoms with Crippen molar-refractivity contribution in [3.63, 3.8) is 0 Å². The zero-order chi connectivity index (χ0) is 16.8. The molecule has 0 spiro atoms. The van der Waals surface area contributed by atoms with Crippen LogP contribution in [-0.4, -0.2) is 34.5 Å². The van der Waals surface area contributed by atoms with Gasteiger partial charge >= 0.3 is 11.8 Å². The number of aromatic amines is 1. The summed E-state index contributed by atoms with van der Waals surface area (Å²) in [4.78, 5) is 36.5. The number of carbonyl (C=O) groups is 1. The highest BCUT2D eigenvalue weighted by Gasteiger charge is 2.28. The Morgan fingerprint density at radius 2 is 2.13 bits per heavy atom. The van der Waals surface area contributed by atoms with Crippen molar-refractivity contribution < 1.29 is 19.0 Å². The van der Waals surface area contributed by atoms with Gasteiger partial charge in [-0.1, -0.05) is 13.8 Å². The third kappa shape index (κ3) is 4.69. The summed E-state index contributed by atoms with van der Waals surface area (Å²) in [5.74, 6) is 0. The van der Waals surface area contributed by atoms with Crippen LogP contribution in [0.5, 0.6) is 0 Å². The van der Waals surface area contributed by atoms with Gasteiger partial charge in [0.1, 0.15) is 18.9 Å². The van der Waals surface area contributed by atoms with Crippen molar-refractivity contribution in [1.29, 1.82) is 0 Å². The summed E-state index contributed by atoms with van der Waals surface area (Å²) in [6.07, 6.45) is 2.51. The van der Waals surface area contributed by atoms with Crippen LogP contribution in [0.25, 0.3) is 0 Å². The Balaban J connectivity index is 1.82. The van der Waals surface area contributed by atoms with Gasteiger partial charge in [0.15, 0.2) is 0 Å². The third-order valence-corrected chi connectivity index (χ3v) is 3.81. The molecular formula is C15H22N2O6. The molecule has 8 heteroatoms. The van der Waals surface area contributed by atoms with E-state index in [0.29, 0.717) is 12.8 Å². The second kappa shape index (κ2) is 7.96. The van der Waals surface area contributed by atoms with E-state index in [0.717, 1.165) is 12.8 Å². The Labute approximate surface area is 133 Å². The Morgan fingerprint density at radius 3 is 2.78 bits per heavy atom. The van der Waals surface area contributed by atoms with Gasteiger partial charge in [-0.25, -0.2) is 9.59 Å². The first-order chi connectivity index (χ1) is 11.0. The van der Waals surface area contributed by atoms with E-state index in [9.17, 15) is 14.4 Å². The Morgan fingerprint density at radius 1 is 1.39 bits per heavy atom. The quantitative estimate of drug-likeness (QED) is 0.796. The molecule has 2 atom stereocenters. The molecule has 23 heavy (non-hydrogen) atoms. The Hall–Kier alpha value is -2.09. The molecule has 128 valence electrons. The summed E-state index contributed by atoms with van der Waals surface area (Å²) in [5.41, 5.74) is -0.967. The maximum atomic E-state index is 11.7. The number of hydrogen-bond acceptors (Lipinski definition) is 6. The van der Waals surface area contributed by atoms with Gasteiger partial charge in [0.05, 0.1) is 6.10 Å². The van der Waals surface area contributed by atoms with Crippen LogP contribution in [-0.2, 0) is 14.2 Å². The fourth-order valence-electron chi connectivity index (χ4n) is 2.45. The molecule has 1 saturated heterocycles. The highest BCUT2D eigenvalue weighted by Crippen LogP contribution is 2.27. The molecule has 8 nitrogen and oxygen atoms in total. The van der Waals surface area contributed by atoms with Gasteiger partial charge in [-0.05, 0) is 25.7 Å². The van der Waals surface area contributed by atoms with Crippen molar-refractivity contribution in [3.8, 4) is 0 Å². The summed E-state index contributed by atoms with van der Waals surface area (Å²) in [5, 5.41) is 0. The molecule has 0 aromatic carbocycles. The van der Waals surface area contributed by atoms with Crippen LogP contribution < -0.4 is 11.2 Å². The van der Waals surface area contributed by atoms with Crippen LogP contribution in [0.4, 0.5) is 4.79 Å². The monoisotopic (exact) mass is 326 g/mol. The first-order valence-corrected chi connectivity index (χ1v) is 7.83. The van der Waals surface area contributed by atoms with E-state index in [1.54, 1.807) is 0 Å². The van der Waals surface area contributed by atoms with Crippen LogP contribution in [0.2, 0.25) is 0 Å². The smallest absolute Gasteiger partial charge is 0.432 e. The van der Waals surface area contributed by atoms with E-state index in [4.69, 9.17) is 14.2 Å². The average molecular weight is 326 g/mol. The minimum atomic E-state index is -0.702. The lowest BCUT2D eigenvalue weighted by Crippen LogP contribution is -2.32. The van der Waals surface area contributed by atoms with Gasteiger partial charge in [0, 0.05) is 12.3 Å². The second-order valence-electron chi connectivity index (χ2n) is 5.42. The second-order valence-corrected chi connectivity index (χ2v) is 5.42. The molecule has 0 radical (unpaired) electrons. The lowest BCUT2D eigenvalue weighted by molar-refractivity contribution is -0.0462. The maximum Gasteiger partial charge on any atom is 0.508 e. The fourth-order valence-corrected chi connectivity index (χ4v) is 2.45. The Bertz CT molecular complexity index is 633. The van der Waals surface area contributed by atoms with Gasteiger partial charge in [-0.15, -0.1) is 0 Å². The van der Waals surface area contributed by atoms with Crippen molar-refractivity contribution in [2.75, 3.05) is 6.61 Å². The van der Waals surface area contributed by atoms with E-state index < -0.39 is 23.6 Å². The minimum absolute atomic E-state index is 0.0770. The van der Waals surface area contributed by atoms with Crippen LogP contribution >= 0.6 is 0 Å². The van der Waals surface area contributed by atoms with Gasteiger partial charge < -0.3 is 14.2 Å². The molecule has 1 fully saturated rings. The SMILES string of the molecule is CCC(CC)OC(=O)OCC1CCC(n2ccc(=O)[nH]c2=O)O1. The van der Waals surface area contributed by atoms with Gasteiger partial charge in [-0.2, -0.15) is 0 Å². The zero-order valence-corrected chi connectivity index (χ0v) is 13.3. The van der Waals surface area contributed by atoms with Crippen LogP contribution in [0.15, 0.2) is 21.9 Å². The van der Waals surface area contributed by atoms with Crippen molar-refractivity contribution >= 4 is 6.16 Å². The standard InChI is InChI=1S/C15H22N2O6/c1-3-10(4-2)23-15(20)21-9-11-5-6-13(22-11)17-8-7-12(18)16-14(17)19/h7-8,10-11,13H,3-6,9H2,1-2H3,(H,16,18,19). The average Bonchev–Trinajstić information content (AvgIpc) is 2.99. The lowest BCUT2D eigenvalue weighted by atomic mass is 10.2. The fraction of sp³-hybridized carbons (Fsp3) is 0.667. The van der Waals surface area contributed by atoms with E-state index in [1.807, 2.05) is 13.8 Å². The molecule has 1 aliphatic rings. The van der Waals surface area contributed by atoms with Crippen molar-refractivity contribution in [2.45, 2.75) is 58.0 Å². The number of nitrogens with one attached hydrogen (secondary N) is 1. The normalized spacial score (nSPS) is 20.7. The number of rotatable bonds is 6. The molecule has 1 N–H and O–H groups in total. The highest BCUT2D eigenvalue weighted by atomic mass is 16.7. The molecule has 2 unspecified atom stereocenters. The largest absolute Gasteiger partial charge is 0.508 e. The first kappa shape index (κ1) is 17.3. The molecule has 0 aliphatic carbocycles. The summed E-state index contributed by atoms with van der Waals surface area (Å²) in [6.45, 7) is 3.95. The van der Waals surface area contributed by atoms with E-state index in [2.05, 4.69) is 4.98 Å². The molecule has 0 amide bonds. The molecule has 1 aromatic rings. The third-order valence-electron chi connectivity index (χ3n) is 3.81. The molecule has 2 rings (SSSR count). The summed E-state index contributed by atoms with van der Waals surface area (Å²) >= 11 is 0. The maximum absolute atomic E-state index is 11.7. The molecule has 0 saturated carbocycles. The summed E-state index contributed by atoms with van der Waals surface area (Å²) < 4.78 is 17.2. The van der Waals surface area contributed by atoms with Crippen LogP contribution in [0.3, 0.4) is 0 Å². The highest BCUT2D eigenvalue weighted by molar-refractivity contribution is 5.60. The number of nitrogens with zero attached hydrogens (tertiary/aromatic N) is 1. The van der Waals surface area contributed by atoms with Crippen LogP contribution in [0.1, 0.15) is 45.8 Å². The molecule has 2 heterocycles. The number of ether oxygens (including phenoxy) is 3. The summed E-state index contributed by atoms with van der Waals surface area (Å²) in [6, 6.07) is 1.27. The van der Waals surface area contributed by atoms with Gasteiger partial charge in [0.25, 0.3) is 5.56 Å². The molecule has 0 bridgehead atoms.